The van der Waals surface area contributed by atoms with Crippen LogP contribution in [0.4, 0.5) is 5.95 Å². The van der Waals surface area contributed by atoms with Crippen molar-refractivity contribution in [3.8, 4) is 0 Å². The lowest BCUT2D eigenvalue weighted by atomic mass is 10.2. The van der Waals surface area contributed by atoms with E-state index in [-0.39, 0.29) is 11.9 Å². The highest BCUT2D eigenvalue weighted by atomic mass is 16.3. The summed E-state index contributed by atoms with van der Waals surface area (Å²) in [4.78, 5) is 22.3. The molecule has 1 fully saturated rings. The lowest BCUT2D eigenvalue weighted by molar-refractivity contribution is -0.119. The van der Waals surface area contributed by atoms with Gasteiger partial charge in [0.05, 0.1) is 12.6 Å². The van der Waals surface area contributed by atoms with Crippen LogP contribution in [0.1, 0.15) is 48.6 Å². The summed E-state index contributed by atoms with van der Waals surface area (Å²) in [5, 5.41) is 2.75. The Bertz CT molecular complexity index is 710. The summed E-state index contributed by atoms with van der Waals surface area (Å²) in [6.45, 7) is 6.86. The smallest absolute Gasteiger partial charge is 0.226 e. The number of nitrogens with one attached hydrogen (secondary N) is 1. The summed E-state index contributed by atoms with van der Waals surface area (Å²) in [7, 11) is 0. The molecule has 3 heterocycles. The maximum atomic E-state index is 11.0. The van der Waals surface area contributed by atoms with Crippen molar-refractivity contribution in [2.75, 3.05) is 11.4 Å². The molecule has 2 aromatic heterocycles. The van der Waals surface area contributed by atoms with Gasteiger partial charge in [0.1, 0.15) is 11.5 Å². The first kappa shape index (κ1) is 15.5. The van der Waals surface area contributed by atoms with Gasteiger partial charge in [-0.3, -0.25) is 4.79 Å². The van der Waals surface area contributed by atoms with E-state index in [2.05, 4.69) is 20.2 Å². The van der Waals surface area contributed by atoms with E-state index in [1.165, 1.54) is 6.92 Å². The Morgan fingerprint density at radius 2 is 2.26 bits per heavy atom. The molecule has 0 saturated carbocycles. The number of aryl methyl sites for hydroxylation is 2. The van der Waals surface area contributed by atoms with Gasteiger partial charge in [-0.1, -0.05) is 0 Å². The molecule has 1 atom stereocenters. The highest BCUT2D eigenvalue weighted by Crippen LogP contribution is 2.35. The molecule has 3 rings (SSSR count). The first-order valence-corrected chi connectivity index (χ1v) is 7.94. The van der Waals surface area contributed by atoms with Crippen LogP contribution in [0.5, 0.6) is 0 Å². The number of carbonyl (C=O) groups excluding carboxylic acids is 1. The van der Waals surface area contributed by atoms with Crippen LogP contribution < -0.4 is 10.2 Å². The monoisotopic (exact) mass is 314 g/mol. The molecule has 1 aliphatic heterocycles. The minimum atomic E-state index is -0.0611. The molecule has 6 heteroatoms. The van der Waals surface area contributed by atoms with Crippen molar-refractivity contribution in [2.24, 2.45) is 0 Å². The normalized spacial score (nSPS) is 17.5. The third kappa shape index (κ3) is 3.36. The fourth-order valence-corrected chi connectivity index (χ4v) is 2.84. The number of rotatable bonds is 4. The number of aromatic nitrogens is 2. The highest BCUT2D eigenvalue weighted by Gasteiger charge is 2.30. The van der Waals surface area contributed by atoms with Gasteiger partial charge in [0.25, 0.3) is 0 Å². The van der Waals surface area contributed by atoms with Gasteiger partial charge in [-0.25, -0.2) is 9.97 Å². The quantitative estimate of drug-likeness (QED) is 0.939. The SMILES string of the molecule is CC(=O)NCc1ccc(C2CCCN2c2ncc(C)c(C)n2)o1. The number of carbonyl (C=O) groups is 1. The summed E-state index contributed by atoms with van der Waals surface area (Å²) < 4.78 is 5.91. The van der Waals surface area contributed by atoms with Crippen LogP contribution in [0.25, 0.3) is 0 Å². The van der Waals surface area contributed by atoms with Gasteiger partial charge in [0.15, 0.2) is 0 Å². The summed E-state index contributed by atoms with van der Waals surface area (Å²) in [6.07, 6.45) is 3.98. The summed E-state index contributed by atoms with van der Waals surface area (Å²) in [5.41, 5.74) is 2.10. The lowest BCUT2D eigenvalue weighted by Crippen LogP contribution is -2.24. The van der Waals surface area contributed by atoms with Crippen molar-refractivity contribution in [1.82, 2.24) is 15.3 Å². The third-order valence-electron chi connectivity index (χ3n) is 4.24. The highest BCUT2D eigenvalue weighted by molar-refractivity contribution is 5.72. The van der Waals surface area contributed by atoms with E-state index in [4.69, 9.17) is 4.42 Å². The van der Waals surface area contributed by atoms with E-state index in [1.807, 2.05) is 32.2 Å². The summed E-state index contributed by atoms with van der Waals surface area (Å²) >= 11 is 0. The maximum absolute atomic E-state index is 11.0. The predicted molar refractivity (Wildman–Crippen MR) is 87.1 cm³/mol. The van der Waals surface area contributed by atoms with Crippen molar-refractivity contribution in [2.45, 2.75) is 46.2 Å². The van der Waals surface area contributed by atoms with Crippen molar-refractivity contribution in [1.29, 1.82) is 0 Å². The molecule has 1 aliphatic rings. The molecule has 2 aromatic rings. The first-order chi connectivity index (χ1) is 11.0. The first-order valence-electron chi connectivity index (χ1n) is 7.94. The molecular formula is C17H22N4O2. The van der Waals surface area contributed by atoms with Crippen LogP contribution in [0.15, 0.2) is 22.7 Å². The maximum Gasteiger partial charge on any atom is 0.226 e. The molecule has 23 heavy (non-hydrogen) atoms. The zero-order valence-electron chi connectivity index (χ0n) is 13.8. The second-order valence-electron chi connectivity index (χ2n) is 6.00. The lowest BCUT2D eigenvalue weighted by Gasteiger charge is -2.23. The van der Waals surface area contributed by atoms with E-state index < -0.39 is 0 Å². The van der Waals surface area contributed by atoms with Crippen molar-refractivity contribution >= 4 is 11.9 Å². The van der Waals surface area contributed by atoms with Crippen molar-refractivity contribution < 1.29 is 9.21 Å². The van der Waals surface area contributed by atoms with E-state index >= 15 is 0 Å². The average Bonchev–Trinajstić information content (AvgIpc) is 3.16. The molecule has 0 radical (unpaired) electrons. The fourth-order valence-electron chi connectivity index (χ4n) is 2.84. The second-order valence-corrected chi connectivity index (χ2v) is 6.00. The molecule has 0 aliphatic carbocycles. The van der Waals surface area contributed by atoms with Gasteiger partial charge >= 0.3 is 0 Å². The number of amides is 1. The van der Waals surface area contributed by atoms with Gasteiger partial charge < -0.3 is 14.6 Å². The Kier molecular flexibility index (Phi) is 4.32. The Balaban J connectivity index is 1.78. The summed E-state index contributed by atoms with van der Waals surface area (Å²) in [5.74, 6) is 2.37. The fraction of sp³-hybridized carbons (Fsp3) is 0.471. The Labute approximate surface area is 135 Å². The zero-order chi connectivity index (χ0) is 16.4. The average molecular weight is 314 g/mol. The topological polar surface area (TPSA) is 71.3 Å². The number of hydrogen-bond donors (Lipinski definition) is 1. The number of nitrogens with zero attached hydrogens (tertiary/aromatic N) is 3. The van der Waals surface area contributed by atoms with Gasteiger partial charge in [0.2, 0.25) is 11.9 Å². The minimum Gasteiger partial charge on any atom is -0.462 e. The zero-order valence-corrected chi connectivity index (χ0v) is 13.8. The van der Waals surface area contributed by atoms with Crippen molar-refractivity contribution in [3.63, 3.8) is 0 Å². The van der Waals surface area contributed by atoms with Crippen LogP contribution in [0, 0.1) is 13.8 Å². The van der Waals surface area contributed by atoms with E-state index in [1.54, 1.807) is 0 Å². The molecule has 1 N–H and O–H groups in total. The third-order valence-corrected chi connectivity index (χ3v) is 4.24. The van der Waals surface area contributed by atoms with Crippen LogP contribution in [0.3, 0.4) is 0 Å². The summed E-state index contributed by atoms with van der Waals surface area (Å²) in [6, 6.07) is 4.06. The minimum absolute atomic E-state index is 0.0611. The molecule has 1 amide bonds. The van der Waals surface area contributed by atoms with Crippen molar-refractivity contribution in [3.05, 3.63) is 41.1 Å². The van der Waals surface area contributed by atoms with E-state index in [0.717, 1.165) is 48.1 Å². The Morgan fingerprint density at radius 3 is 3.00 bits per heavy atom. The molecule has 0 bridgehead atoms. The second kappa shape index (κ2) is 6.40. The van der Waals surface area contributed by atoms with Crippen LogP contribution in [-0.2, 0) is 11.3 Å². The largest absolute Gasteiger partial charge is 0.462 e. The Morgan fingerprint density at radius 1 is 1.43 bits per heavy atom. The van der Waals surface area contributed by atoms with E-state index in [9.17, 15) is 4.79 Å². The molecular weight excluding hydrogens is 292 g/mol. The van der Waals surface area contributed by atoms with Crippen LogP contribution in [-0.4, -0.2) is 22.4 Å². The molecule has 6 nitrogen and oxygen atoms in total. The number of anilines is 1. The predicted octanol–water partition coefficient (Wildman–Crippen LogP) is 2.66. The van der Waals surface area contributed by atoms with Crippen LogP contribution in [0.2, 0.25) is 0 Å². The molecule has 0 spiro atoms. The van der Waals surface area contributed by atoms with Gasteiger partial charge in [-0.2, -0.15) is 0 Å². The number of hydrogen-bond acceptors (Lipinski definition) is 5. The Hall–Kier alpha value is -2.37. The van der Waals surface area contributed by atoms with Gasteiger partial charge in [0, 0.05) is 25.4 Å². The van der Waals surface area contributed by atoms with Crippen LogP contribution >= 0.6 is 0 Å². The molecule has 122 valence electrons. The van der Waals surface area contributed by atoms with Gasteiger partial charge in [-0.05, 0) is 44.4 Å². The molecule has 1 saturated heterocycles. The van der Waals surface area contributed by atoms with E-state index in [0.29, 0.717) is 6.54 Å². The number of furan rings is 1. The standard InChI is InChI=1S/C17H22N4O2/c1-11-9-19-17(20-12(11)2)21-8-4-5-15(21)16-7-6-14(23-16)10-18-13(3)22/h6-7,9,15H,4-5,8,10H2,1-3H3,(H,18,22). The van der Waals surface area contributed by atoms with Gasteiger partial charge in [-0.15, -0.1) is 0 Å². The molecule has 0 aromatic carbocycles. The molecule has 1 unspecified atom stereocenters.